The average molecular weight is 336 g/mol. The molecule has 1 saturated heterocycles. The van der Waals surface area contributed by atoms with Crippen LogP contribution in [0.2, 0.25) is 0 Å². The Morgan fingerprint density at radius 1 is 1.32 bits per heavy atom. The molecule has 2 aromatic heterocycles. The van der Waals surface area contributed by atoms with Crippen LogP contribution in [0.4, 0.5) is 0 Å². The molecule has 1 aliphatic heterocycles. The van der Waals surface area contributed by atoms with Crippen LogP contribution in [0.15, 0.2) is 42.9 Å². The minimum Gasteiger partial charge on any atom is -0.361 e. The van der Waals surface area contributed by atoms with Crippen LogP contribution in [0, 0.1) is 6.92 Å². The van der Waals surface area contributed by atoms with E-state index in [0.717, 1.165) is 37.0 Å². The smallest absolute Gasteiger partial charge is 0.227 e. The molecular formula is C20H24N4O. The largest absolute Gasteiger partial charge is 0.361 e. The van der Waals surface area contributed by atoms with Crippen molar-refractivity contribution in [3.63, 3.8) is 0 Å². The number of carbonyl (C=O) groups is 1. The van der Waals surface area contributed by atoms with Crippen LogP contribution in [0.5, 0.6) is 0 Å². The number of piperidine rings is 1. The molecule has 0 spiro atoms. The molecule has 3 aromatic rings. The Labute approximate surface area is 147 Å². The third-order valence-electron chi connectivity index (χ3n) is 5.24. The number of hydrogen-bond acceptors (Lipinski definition) is 2. The standard InChI is InChI=1S/C20H24N4O/c1-15-6-4-8-18-20(15)16(13-21-18)12-19(25)24-11-3-2-7-17(24)14-23-10-5-9-22-23/h4-6,8-10,13,17,21H,2-3,7,11-12,14H2,1H3/t17-/m1/s1. The van der Waals surface area contributed by atoms with Gasteiger partial charge in [0.25, 0.3) is 0 Å². The third kappa shape index (κ3) is 3.18. The van der Waals surface area contributed by atoms with Crippen LogP contribution in [-0.2, 0) is 17.8 Å². The third-order valence-corrected chi connectivity index (χ3v) is 5.24. The first-order valence-electron chi connectivity index (χ1n) is 9.05. The molecule has 0 saturated carbocycles. The number of amides is 1. The first-order chi connectivity index (χ1) is 12.2. The maximum Gasteiger partial charge on any atom is 0.227 e. The molecule has 3 heterocycles. The molecule has 0 unspecified atom stereocenters. The Kier molecular flexibility index (Phi) is 4.30. The van der Waals surface area contributed by atoms with E-state index >= 15 is 0 Å². The molecule has 1 amide bonds. The summed E-state index contributed by atoms with van der Waals surface area (Å²) in [5.74, 6) is 0.223. The molecule has 0 aliphatic carbocycles. The minimum atomic E-state index is 0.223. The summed E-state index contributed by atoms with van der Waals surface area (Å²) in [4.78, 5) is 18.4. The molecule has 5 heteroatoms. The second kappa shape index (κ2) is 6.75. The number of carbonyl (C=O) groups excluding carboxylic acids is 1. The number of fused-ring (bicyclic) bond motifs is 1. The summed E-state index contributed by atoms with van der Waals surface area (Å²) in [6, 6.07) is 8.39. The highest BCUT2D eigenvalue weighted by molar-refractivity contribution is 5.91. The lowest BCUT2D eigenvalue weighted by atomic mass is 10.00. The summed E-state index contributed by atoms with van der Waals surface area (Å²) in [6.45, 7) is 3.74. The zero-order chi connectivity index (χ0) is 17.2. The molecule has 5 nitrogen and oxygen atoms in total. The van der Waals surface area contributed by atoms with Gasteiger partial charge < -0.3 is 9.88 Å². The topological polar surface area (TPSA) is 53.9 Å². The number of benzene rings is 1. The molecule has 1 aliphatic rings. The Balaban J connectivity index is 1.54. The highest BCUT2D eigenvalue weighted by Gasteiger charge is 2.27. The molecule has 1 fully saturated rings. The van der Waals surface area contributed by atoms with Crippen molar-refractivity contribution in [3.8, 4) is 0 Å². The van der Waals surface area contributed by atoms with Gasteiger partial charge in [0.1, 0.15) is 0 Å². The van der Waals surface area contributed by atoms with Gasteiger partial charge in [-0.25, -0.2) is 0 Å². The van der Waals surface area contributed by atoms with E-state index < -0.39 is 0 Å². The van der Waals surface area contributed by atoms with E-state index in [1.165, 1.54) is 17.4 Å². The predicted octanol–water partition coefficient (Wildman–Crippen LogP) is 3.30. The van der Waals surface area contributed by atoms with Crippen LogP contribution in [0.25, 0.3) is 10.9 Å². The van der Waals surface area contributed by atoms with Crippen molar-refractivity contribution in [2.24, 2.45) is 0 Å². The molecule has 1 N–H and O–H groups in total. The SMILES string of the molecule is Cc1cccc2[nH]cc(CC(=O)N3CCCC[C@@H]3Cn3cccn3)c12. The van der Waals surface area contributed by atoms with Gasteiger partial charge in [-0.2, -0.15) is 5.10 Å². The number of rotatable bonds is 4. The molecule has 4 rings (SSSR count). The summed E-state index contributed by atoms with van der Waals surface area (Å²) < 4.78 is 1.94. The maximum atomic E-state index is 13.0. The van der Waals surface area contributed by atoms with Gasteiger partial charge in [0.15, 0.2) is 0 Å². The number of nitrogens with one attached hydrogen (secondary N) is 1. The number of H-pyrrole nitrogens is 1. The lowest BCUT2D eigenvalue weighted by Crippen LogP contribution is -2.46. The molecule has 0 radical (unpaired) electrons. The van der Waals surface area contributed by atoms with Crippen molar-refractivity contribution in [2.45, 2.75) is 45.2 Å². The van der Waals surface area contributed by atoms with Crippen molar-refractivity contribution in [1.82, 2.24) is 19.7 Å². The van der Waals surface area contributed by atoms with E-state index in [1.54, 1.807) is 6.20 Å². The fraction of sp³-hybridized carbons (Fsp3) is 0.400. The van der Waals surface area contributed by atoms with E-state index in [4.69, 9.17) is 0 Å². The predicted molar refractivity (Wildman–Crippen MR) is 98.3 cm³/mol. The van der Waals surface area contributed by atoms with Crippen LogP contribution >= 0.6 is 0 Å². The van der Waals surface area contributed by atoms with Gasteiger partial charge in [-0.05, 0) is 49.4 Å². The Bertz CT molecular complexity index is 865. The molecule has 130 valence electrons. The van der Waals surface area contributed by atoms with Crippen LogP contribution in [-0.4, -0.2) is 38.2 Å². The lowest BCUT2D eigenvalue weighted by molar-refractivity contribution is -0.134. The van der Waals surface area contributed by atoms with Crippen molar-refractivity contribution < 1.29 is 4.79 Å². The Morgan fingerprint density at radius 3 is 3.08 bits per heavy atom. The zero-order valence-electron chi connectivity index (χ0n) is 14.6. The lowest BCUT2D eigenvalue weighted by Gasteiger charge is -2.36. The fourth-order valence-electron chi connectivity index (χ4n) is 4.00. The second-order valence-electron chi connectivity index (χ2n) is 6.95. The summed E-state index contributed by atoms with van der Waals surface area (Å²) in [5.41, 5.74) is 3.42. The maximum absolute atomic E-state index is 13.0. The number of hydrogen-bond donors (Lipinski definition) is 1. The molecule has 25 heavy (non-hydrogen) atoms. The molecular weight excluding hydrogens is 312 g/mol. The monoisotopic (exact) mass is 336 g/mol. The van der Waals surface area contributed by atoms with Crippen LogP contribution in [0.1, 0.15) is 30.4 Å². The van der Waals surface area contributed by atoms with Gasteiger partial charge in [-0.15, -0.1) is 0 Å². The van der Waals surface area contributed by atoms with E-state index in [-0.39, 0.29) is 11.9 Å². The van der Waals surface area contributed by atoms with E-state index in [2.05, 4.69) is 34.0 Å². The summed E-state index contributed by atoms with van der Waals surface area (Å²) in [7, 11) is 0. The Morgan fingerprint density at radius 2 is 2.24 bits per heavy atom. The van der Waals surface area contributed by atoms with Gasteiger partial charge in [0, 0.05) is 36.0 Å². The number of aromatic nitrogens is 3. The van der Waals surface area contributed by atoms with Gasteiger partial charge in [-0.1, -0.05) is 12.1 Å². The number of aryl methyl sites for hydroxylation is 1. The van der Waals surface area contributed by atoms with E-state index in [9.17, 15) is 4.79 Å². The zero-order valence-corrected chi connectivity index (χ0v) is 14.6. The van der Waals surface area contributed by atoms with Gasteiger partial charge >= 0.3 is 0 Å². The van der Waals surface area contributed by atoms with Gasteiger partial charge in [0.2, 0.25) is 5.91 Å². The molecule has 1 aromatic carbocycles. The number of aromatic amines is 1. The molecule has 0 bridgehead atoms. The van der Waals surface area contributed by atoms with Crippen molar-refractivity contribution in [3.05, 3.63) is 54.0 Å². The molecule has 1 atom stereocenters. The summed E-state index contributed by atoms with van der Waals surface area (Å²) >= 11 is 0. The van der Waals surface area contributed by atoms with Crippen molar-refractivity contribution >= 4 is 16.8 Å². The average Bonchev–Trinajstić information content (AvgIpc) is 3.26. The Hall–Kier alpha value is -2.56. The second-order valence-corrected chi connectivity index (χ2v) is 6.95. The van der Waals surface area contributed by atoms with E-state index in [1.807, 2.05) is 29.2 Å². The highest BCUT2D eigenvalue weighted by Crippen LogP contribution is 2.25. The van der Waals surface area contributed by atoms with Crippen LogP contribution < -0.4 is 0 Å². The summed E-state index contributed by atoms with van der Waals surface area (Å²) in [5, 5.41) is 5.50. The van der Waals surface area contributed by atoms with Gasteiger partial charge in [0.05, 0.1) is 19.0 Å². The fourth-order valence-corrected chi connectivity index (χ4v) is 4.00. The summed E-state index contributed by atoms with van der Waals surface area (Å²) in [6.07, 6.45) is 9.54. The van der Waals surface area contributed by atoms with E-state index in [0.29, 0.717) is 6.42 Å². The quantitative estimate of drug-likeness (QED) is 0.795. The first-order valence-corrected chi connectivity index (χ1v) is 9.05. The first kappa shape index (κ1) is 15.9. The van der Waals surface area contributed by atoms with Crippen molar-refractivity contribution in [1.29, 1.82) is 0 Å². The normalized spacial score (nSPS) is 18.0. The minimum absolute atomic E-state index is 0.223. The highest BCUT2D eigenvalue weighted by atomic mass is 16.2. The van der Waals surface area contributed by atoms with Crippen molar-refractivity contribution in [2.75, 3.05) is 6.54 Å². The number of likely N-dealkylation sites (tertiary alicyclic amines) is 1. The number of nitrogens with zero attached hydrogens (tertiary/aromatic N) is 3. The van der Waals surface area contributed by atoms with Crippen LogP contribution in [0.3, 0.4) is 0 Å². The van der Waals surface area contributed by atoms with Gasteiger partial charge in [-0.3, -0.25) is 9.48 Å².